The molecule has 0 radical (unpaired) electrons. The summed E-state index contributed by atoms with van der Waals surface area (Å²) in [6.07, 6.45) is 5.14. The zero-order valence-corrected chi connectivity index (χ0v) is 18.4. The molecule has 5 heteroatoms. The Morgan fingerprint density at radius 1 is 1.07 bits per heavy atom. The third-order valence-electron chi connectivity index (χ3n) is 6.41. The van der Waals surface area contributed by atoms with Gasteiger partial charge in [0.05, 0.1) is 5.56 Å². The molecule has 2 aromatic rings. The Balaban J connectivity index is 1.67. The molecular formula is C24H30N2O2S. The van der Waals surface area contributed by atoms with Crippen molar-refractivity contribution in [3.63, 3.8) is 0 Å². The van der Waals surface area contributed by atoms with E-state index in [9.17, 15) is 9.59 Å². The van der Waals surface area contributed by atoms with Crippen LogP contribution in [0.25, 0.3) is 0 Å². The Bertz CT molecular complexity index is 925. The van der Waals surface area contributed by atoms with Crippen molar-refractivity contribution in [2.75, 3.05) is 18.4 Å². The molecule has 4 rings (SSSR count). The second-order valence-electron chi connectivity index (χ2n) is 8.80. The second kappa shape index (κ2) is 8.31. The number of thiophene rings is 1. The number of nitrogens with one attached hydrogen (secondary N) is 1. The number of hydrogen-bond acceptors (Lipinski definition) is 3. The quantitative estimate of drug-likeness (QED) is 0.746. The monoisotopic (exact) mass is 410 g/mol. The molecule has 2 heterocycles. The summed E-state index contributed by atoms with van der Waals surface area (Å²) in [5.74, 6) is 1.27. The van der Waals surface area contributed by atoms with Crippen molar-refractivity contribution in [3.8, 4) is 0 Å². The molecule has 1 N–H and O–H groups in total. The Morgan fingerprint density at radius 3 is 2.52 bits per heavy atom. The van der Waals surface area contributed by atoms with E-state index in [2.05, 4.69) is 19.2 Å². The number of nitrogens with zero attached hydrogens (tertiary/aromatic N) is 1. The molecule has 1 aliphatic carbocycles. The maximum Gasteiger partial charge on any atom is 0.257 e. The number of piperidine rings is 1. The summed E-state index contributed by atoms with van der Waals surface area (Å²) in [5, 5.41) is 3.84. The van der Waals surface area contributed by atoms with Gasteiger partial charge in [-0.1, -0.05) is 32.0 Å². The normalized spacial score (nSPS) is 19.7. The maximum atomic E-state index is 13.5. The maximum absolute atomic E-state index is 13.5. The van der Waals surface area contributed by atoms with Gasteiger partial charge in [-0.05, 0) is 68.1 Å². The number of benzene rings is 1. The van der Waals surface area contributed by atoms with Crippen LogP contribution in [-0.4, -0.2) is 29.8 Å². The van der Waals surface area contributed by atoms with Crippen molar-refractivity contribution >= 4 is 28.2 Å². The lowest BCUT2D eigenvalue weighted by molar-refractivity contribution is 0.0697. The molecule has 4 nitrogen and oxygen atoms in total. The highest BCUT2D eigenvalue weighted by Crippen LogP contribution is 2.41. The number of likely N-dealkylation sites (tertiary alicyclic amines) is 1. The zero-order chi connectivity index (χ0) is 20.5. The molecule has 2 amide bonds. The van der Waals surface area contributed by atoms with Gasteiger partial charge in [0, 0.05) is 23.5 Å². The fourth-order valence-corrected chi connectivity index (χ4v) is 5.83. The summed E-state index contributed by atoms with van der Waals surface area (Å²) in [6, 6.07) is 7.60. The molecule has 1 saturated heterocycles. The van der Waals surface area contributed by atoms with Gasteiger partial charge in [0.1, 0.15) is 5.00 Å². The van der Waals surface area contributed by atoms with Crippen molar-refractivity contribution in [1.82, 2.24) is 4.90 Å². The first kappa shape index (κ1) is 20.1. The number of carbonyl (C=O) groups excluding carboxylic acids is 2. The predicted octanol–water partition coefficient (Wildman–Crippen LogP) is 5.31. The number of hydrogen-bond donors (Lipinski definition) is 1. The van der Waals surface area contributed by atoms with Gasteiger partial charge in [-0.3, -0.25) is 9.59 Å². The van der Waals surface area contributed by atoms with Gasteiger partial charge in [0.15, 0.2) is 0 Å². The average Bonchev–Trinajstić information content (AvgIpc) is 3.05. The molecule has 2 aliphatic rings. The average molecular weight is 411 g/mol. The summed E-state index contributed by atoms with van der Waals surface area (Å²) in [6.45, 7) is 8.08. The van der Waals surface area contributed by atoms with Gasteiger partial charge in [0.25, 0.3) is 11.8 Å². The lowest BCUT2D eigenvalue weighted by Crippen LogP contribution is -2.38. The van der Waals surface area contributed by atoms with E-state index in [1.54, 1.807) is 11.3 Å². The Hall–Kier alpha value is -2.14. The smallest absolute Gasteiger partial charge is 0.257 e. The molecule has 1 fully saturated rings. The summed E-state index contributed by atoms with van der Waals surface area (Å²) in [5.41, 5.74) is 3.54. The first-order valence-electron chi connectivity index (χ1n) is 10.7. The van der Waals surface area contributed by atoms with Crippen LogP contribution in [0, 0.1) is 18.8 Å². The molecule has 1 aromatic carbocycles. The van der Waals surface area contributed by atoms with Crippen molar-refractivity contribution in [3.05, 3.63) is 51.4 Å². The minimum Gasteiger partial charge on any atom is -0.339 e. The van der Waals surface area contributed by atoms with Gasteiger partial charge >= 0.3 is 0 Å². The van der Waals surface area contributed by atoms with Gasteiger partial charge in [-0.15, -0.1) is 11.3 Å². The lowest BCUT2D eigenvalue weighted by Gasteiger charge is -2.31. The molecule has 0 unspecified atom stereocenters. The molecule has 0 saturated carbocycles. The first-order chi connectivity index (χ1) is 13.9. The molecular weight excluding hydrogens is 380 g/mol. The number of carbonyl (C=O) groups is 2. The summed E-state index contributed by atoms with van der Waals surface area (Å²) in [4.78, 5) is 29.8. The molecule has 154 valence electrons. The molecule has 0 bridgehead atoms. The fourth-order valence-electron chi connectivity index (χ4n) is 4.43. The van der Waals surface area contributed by atoms with E-state index in [4.69, 9.17) is 0 Å². The van der Waals surface area contributed by atoms with E-state index in [0.717, 1.165) is 61.3 Å². The number of fused-ring (bicyclic) bond motifs is 1. The van der Waals surface area contributed by atoms with Crippen LogP contribution < -0.4 is 5.32 Å². The largest absolute Gasteiger partial charge is 0.339 e. The first-order valence-corrected chi connectivity index (χ1v) is 11.6. The standard InChI is InChI=1S/C24H30N2O2S/c1-15-10-12-26(13-11-15)24(28)21-19-9-8-16(2)14-20(19)29-23(21)25-22(27)18-7-5-4-6-17(18)3/h4-7,15-16H,8-14H2,1-3H3,(H,25,27)/t16-/m0/s1. The van der Waals surface area contributed by atoms with Crippen LogP contribution >= 0.6 is 11.3 Å². The van der Waals surface area contributed by atoms with Crippen molar-refractivity contribution in [1.29, 1.82) is 0 Å². The Labute approximate surface area is 177 Å². The van der Waals surface area contributed by atoms with Gasteiger partial charge < -0.3 is 10.2 Å². The third kappa shape index (κ3) is 4.11. The number of amides is 2. The predicted molar refractivity (Wildman–Crippen MR) is 119 cm³/mol. The number of rotatable bonds is 3. The van der Waals surface area contributed by atoms with E-state index in [1.165, 1.54) is 10.4 Å². The summed E-state index contributed by atoms with van der Waals surface area (Å²) < 4.78 is 0. The van der Waals surface area contributed by atoms with Crippen molar-refractivity contribution in [2.45, 2.75) is 52.9 Å². The summed E-state index contributed by atoms with van der Waals surface area (Å²) in [7, 11) is 0. The highest BCUT2D eigenvalue weighted by molar-refractivity contribution is 7.17. The zero-order valence-electron chi connectivity index (χ0n) is 17.6. The molecule has 29 heavy (non-hydrogen) atoms. The minimum atomic E-state index is -0.129. The van der Waals surface area contributed by atoms with Crippen LogP contribution in [-0.2, 0) is 12.8 Å². The molecule has 1 aliphatic heterocycles. The topological polar surface area (TPSA) is 49.4 Å². The highest BCUT2D eigenvalue weighted by Gasteiger charge is 2.32. The Morgan fingerprint density at radius 2 is 1.79 bits per heavy atom. The van der Waals surface area contributed by atoms with Gasteiger partial charge in [0.2, 0.25) is 0 Å². The van der Waals surface area contributed by atoms with Crippen LogP contribution in [0.5, 0.6) is 0 Å². The summed E-state index contributed by atoms with van der Waals surface area (Å²) >= 11 is 1.61. The minimum absolute atomic E-state index is 0.101. The SMILES string of the molecule is Cc1ccccc1C(=O)Nc1sc2c(c1C(=O)N1CCC(C)CC1)CC[C@H](C)C2. The molecule has 1 atom stereocenters. The third-order valence-corrected chi connectivity index (χ3v) is 7.58. The van der Waals surface area contributed by atoms with E-state index in [0.29, 0.717) is 17.4 Å². The van der Waals surface area contributed by atoms with E-state index in [-0.39, 0.29) is 11.8 Å². The van der Waals surface area contributed by atoms with Gasteiger partial charge in [-0.25, -0.2) is 0 Å². The van der Waals surface area contributed by atoms with Crippen LogP contribution in [0.1, 0.15) is 69.8 Å². The van der Waals surface area contributed by atoms with Gasteiger partial charge in [-0.2, -0.15) is 0 Å². The number of anilines is 1. The van der Waals surface area contributed by atoms with E-state index >= 15 is 0 Å². The van der Waals surface area contributed by atoms with Crippen LogP contribution in [0.3, 0.4) is 0 Å². The van der Waals surface area contributed by atoms with Crippen LogP contribution in [0.2, 0.25) is 0 Å². The van der Waals surface area contributed by atoms with Crippen molar-refractivity contribution in [2.24, 2.45) is 11.8 Å². The van der Waals surface area contributed by atoms with E-state index < -0.39 is 0 Å². The lowest BCUT2D eigenvalue weighted by atomic mass is 9.88. The number of aryl methyl sites for hydroxylation is 1. The van der Waals surface area contributed by atoms with Crippen molar-refractivity contribution < 1.29 is 9.59 Å². The molecule has 1 aromatic heterocycles. The fraction of sp³-hybridized carbons (Fsp3) is 0.500. The van der Waals surface area contributed by atoms with Crippen LogP contribution in [0.4, 0.5) is 5.00 Å². The Kier molecular flexibility index (Phi) is 5.77. The molecule has 0 spiro atoms. The van der Waals surface area contributed by atoms with Crippen LogP contribution in [0.15, 0.2) is 24.3 Å². The highest BCUT2D eigenvalue weighted by atomic mass is 32.1. The van der Waals surface area contributed by atoms with E-state index in [1.807, 2.05) is 36.1 Å². The second-order valence-corrected chi connectivity index (χ2v) is 9.90.